The van der Waals surface area contributed by atoms with E-state index < -0.39 is 0 Å². The van der Waals surface area contributed by atoms with Crippen molar-refractivity contribution in [3.8, 4) is 5.75 Å². The van der Waals surface area contributed by atoms with Crippen LogP contribution in [0.15, 0.2) is 48.7 Å². The van der Waals surface area contributed by atoms with Gasteiger partial charge < -0.3 is 20.4 Å². The molecule has 0 bridgehead atoms. The van der Waals surface area contributed by atoms with Gasteiger partial charge in [-0.25, -0.2) is 0 Å². The number of aryl methyl sites for hydroxylation is 1. The molecule has 3 N–H and O–H groups in total. The number of aromatic amines is 1. The molecule has 0 saturated carbocycles. The Balaban J connectivity index is 1.49. The molecule has 0 spiro atoms. The molecule has 0 unspecified atom stereocenters. The minimum atomic E-state index is -0.0807. The summed E-state index contributed by atoms with van der Waals surface area (Å²) in [6.45, 7) is 2.98. The monoisotopic (exact) mass is 337 g/mol. The maximum absolute atomic E-state index is 12.1. The Morgan fingerprint density at radius 3 is 2.88 bits per heavy atom. The SMILES string of the molecule is COc1ccc(C)cc1NC(=O)CNCCc1c[nH]c2ccccc12. The molecule has 1 amide bonds. The summed E-state index contributed by atoms with van der Waals surface area (Å²) in [5, 5.41) is 7.32. The van der Waals surface area contributed by atoms with Crippen molar-refractivity contribution in [1.29, 1.82) is 0 Å². The third-order valence-corrected chi connectivity index (χ3v) is 4.16. The Hall–Kier alpha value is -2.79. The van der Waals surface area contributed by atoms with Crippen LogP contribution in [0.5, 0.6) is 5.75 Å². The van der Waals surface area contributed by atoms with Gasteiger partial charge >= 0.3 is 0 Å². The summed E-state index contributed by atoms with van der Waals surface area (Å²) in [6.07, 6.45) is 2.90. The number of para-hydroxylation sites is 1. The first-order valence-corrected chi connectivity index (χ1v) is 8.37. The number of hydrogen-bond donors (Lipinski definition) is 3. The molecule has 3 rings (SSSR count). The van der Waals surface area contributed by atoms with E-state index in [2.05, 4.69) is 27.8 Å². The summed E-state index contributed by atoms with van der Waals surface area (Å²) < 4.78 is 5.28. The molecule has 5 nitrogen and oxygen atoms in total. The third kappa shape index (κ3) is 4.19. The number of H-pyrrole nitrogens is 1. The zero-order chi connectivity index (χ0) is 17.6. The molecular weight excluding hydrogens is 314 g/mol. The molecule has 5 heteroatoms. The predicted octanol–water partition coefficient (Wildman–Crippen LogP) is 3.26. The second-order valence-corrected chi connectivity index (χ2v) is 6.04. The molecule has 3 aromatic rings. The standard InChI is InChI=1S/C20H23N3O2/c1-14-7-8-19(25-2)18(11-14)23-20(24)13-21-10-9-15-12-22-17-6-4-3-5-16(15)17/h3-8,11-12,21-22H,9-10,13H2,1-2H3,(H,23,24). The van der Waals surface area contributed by atoms with Crippen molar-refractivity contribution in [3.05, 3.63) is 59.8 Å². The Bertz CT molecular complexity index is 870. The van der Waals surface area contributed by atoms with Gasteiger partial charge in [0.15, 0.2) is 0 Å². The highest BCUT2D eigenvalue weighted by Gasteiger charge is 2.08. The molecule has 0 radical (unpaired) electrons. The largest absolute Gasteiger partial charge is 0.495 e. The van der Waals surface area contributed by atoms with Crippen molar-refractivity contribution < 1.29 is 9.53 Å². The number of fused-ring (bicyclic) bond motifs is 1. The van der Waals surface area contributed by atoms with Crippen molar-refractivity contribution in [2.75, 3.05) is 25.5 Å². The van der Waals surface area contributed by atoms with Crippen molar-refractivity contribution in [2.45, 2.75) is 13.3 Å². The zero-order valence-electron chi connectivity index (χ0n) is 14.6. The lowest BCUT2D eigenvalue weighted by Gasteiger charge is -2.11. The summed E-state index contributed by atoms with van der Waals surface area (Å²) in [5.74, 6) is 0.584. The molecule has 1 heterocycles. The van der Waals surface area contributed by atoms with Gasteiger partial charge in [-0.05, 0) is 49.2 Å². The van der Waals surface area contributed by atoms with Crippen LogP contribution in [-0.2, 0) is 11.2 Å². The van der Waals surface area contributed by atoms with Gasteiger partial charge in [0.25, 0.3) is 0 Å². The first kappa shape index (κ1) is 17.0. The maximum atomic E-state index is 12.1. The smallest absolute Gasteiger partial charge is 0.238 e. The van der Waals surface area contributed by atoms with Crippen molar-refractivity contribution >= 4 is 22.5 Å². The lowest BCUT2D eigenvalue weighted by atomic mass is 10.1. The molecule has 0 aliphatic rings. The average molecular weight is 337 g/mol. The second kappa shape index (κ2) is 7.85. The number of benzene rings is 2. The molecule has 0 aliphatic carbocycles. The van der Waals surface area contributed by atoms with Gasteiger partial charge in [-0.1, -0.05) is 24.3 Å². The van der Waals surface area contributed by atoms with Crippen LogP contribution < -0.4 is 15.4 Å². The molecule has 0 fully saturated rings. The van der Waals surface area contributed by atoms with Crippen LogP contribution in [0.2, 0.25) is 0 Å². The number of carbonyl (C=O) groups is 1. The number of carbonyl (C=O) groups excluding carboxylic acids is 1. The van der Waals surface area contributed by atoms with Crippen LogP contribution in [0.3, 0.4) is 0 Å². The summed E-state index contributed by atoms with van der Waals surface area (Å²) in [7, 11) is 1.60. The van der Waals surface area contributed by atoms with Crippen LogP contribution in [0, 0.1) is 6.92 Å². The second-order valence-electron chi connectivity index (χ2n) is 6.04. The number of nitrogens with one attached hydrogen (secondary N) is 3. The van der Waals surface area contributed by atoms with Gasteiger partial charge in [0, 0.05) is 17.1 Å². The summed E-state index contributed by atoms with van der Waals surface area (Å²) in [6, 6.07) is 13.9. The van der Waals surface area contributed by atoms with E-state index in [0.717, 1.165) is 24.0 Å². The number of anilines is 1. The highest BCUT2D eigenvalue weighted by molar-refractivity contribution is 5.93. The molecule has 0 saturated heterocycles. The minimum absolute atomic E-state index is 0.0807. The quantitative estimate of drug-likeness (QED) is 0.580. The summed E-state index contributed by atoms with van der Waals surface area (Å²) in [4.78, 5) is 15.4. The Kier molecular flexibility index (Phi) is 5.36. The fraction of sp³-hybridized carbons (Fsp3) is 0.250. The lowest BCUT2D eigenvalue weighted by molar-refractivity contribution is -0.115. The number of aromatic nitrogens is 1. The van der Waals surface area contributed by atoms with Crippen molar-refractivity contribution in [3.63, 3.8) is 0 Å². The summed E-state index contributed by atoms with van der Waals surface area (Å²) in [5.41, 5.74) is 4.17. The molecule has 0 aliphatic heterocycles. The number of rotatable bonds is 7. The van der Waals surface area contributed by atoms with Crippen LogP contribution >= 0.6 is 0 Å². The van der Waals surface area contributed by atoms with Crippen LogP contribution in [0.1, 0.15) is 11.1 Å². The zero-order valence-corrected chi connectivity index (χ0v) is 14.6. The first-order valence-electron chi connectivity index (χ1n) is 8.37. The Morgan fingerprint density at radius 1 is 1.20 bits per heavy atom. The lowest BCUT2D eigenvalue weighted by Crippen LogP contribution is -2.29. The van der Waals surface area contributed by atoms with Gasteiger partial charge in [0.1, 0.15) is 5.75 Å². The van der Waals surface area contributed by atoms with Crippen molar-refractivity contribution in [1.82, 2.24) is 10.3 Å². The minimum Gasteiger partial charge on any atom is -0.495 e. The van der Waals surface area contributed by atoms with E-state index in [1.165, 1.54) is 10.9 Å². The highest BCUT2D eigenvalue weighted by Crippen LogP contribution is 2.25. The first-order chi connectivity index (χ1) is 12.2. The normalized spacial score (nSPS) is 10.8. The topological polar surface area (TPSA) is 66.2 Å². The number of ether oxygens (including phenoxy) is 1. The van der Waals surface area contributed by atoms with Gasteiger partial charge in [-0.3, -0.25) is 4.79 Å². The van der Waals surface area contributed by atoms with Crippen LogP contribution in [-0.4, -0.2) is 31.1 Å². The van der Waals surface area contributed by atoms with Gasteiger partial charge in [0.05, 0.1) is 19.3 Å². The number of methoxy groups -OCH3 is 1. The molecule has 1 aromatic heterocycles. The van der Waals surface area contributed by atoms with Gasteiger partial charge in [0.2, 0.25) is 5.91 Å². The molecule has 0 atom stereocenters. The Morgan fingerprint density at radius 2 is 2.04 bits per heavy atom. The van der Waals surface area contributed by atoms with E-state index in [1.54, 1.807) is 7.11 Å². The van der Waals surface area contributed by atoms with E-state index in [9.17, 15) is 4.79 Å². The van der Waals surface area contributed by atoms with E-state index in [4.69, 9.17) is 4.74 Å². The van der Waals surface area contributed by atoms with E-state index in [0.29, 0.717) is 11.4 Å². The fourth-order valence-corrected chi connectivity index (χ4v) is 2.88. The summed E-state index contributed by atoms with van der Waals surface area (Å²) >= 11 is 0. The van der Waals surface area contributed by atoms with E-state index in [1.807, 2.05) is 43.5 Å². The highest BCUT2D eigenvalue weighted by atomic mass is 16.5. The average Bonchev–Trinajstić information content (AvgIpc) is 3.02. The van der Waals surface area contributed by atoms with Crippen LogP contribution in [0.4, 0.5) is 5.69 Å². The fourth-order valence-electron chi connectivity index (χ4n) is 2.88. The predicted molar refractivity (Wildman–Crippen MR) is 101 cm³/mol. The van der Waals surface area contributed by atoms with E-state index in [-0.39, 0.29) is 12.5 Å². The van der Waals surface area contributed by atoms with Gasteiger partial charge in [-0.2, -0.15) is 0 Å². The van der Waals surface area contributed by atoms with Gasteiger partial charge in [-0.15, -0.1) is 0 Å². The van der Waals surface area contributed by atoms with Crippen molar-refractivity contribution in [2.24, 2.45) is 0 Å². The molecular formula is C20H23N3O2. The third-order valence-electron chi connectivity index (χ3n) is 4.16. The number of amides is 1. The number of hydrogen-bond acceptors (Lipinski definition) is 3. The molecule has 25 heavy (non-hydrogen) atoms. The molecule has 130 valence electrons. The Labute approximate surface area is 147 Å². The maximum Gasteiger partial charge on any atom is 0.238 e. The molecule has 2 aromatic carbocycles. The van der Waals surface area contributed by atoms with E-state index >= 15 is 0 Å². The van der Waals surface area contributed by atoms with Crippen LogP contribution in [0.25, 0.3) is 10.9 Å².